The standard InChI is InChI=1S/C24H18N4O/c1-16(29)28-21-14-8-6-12-19(21)23(17-9-3-2-4-10-17)24(28)27-26-22-15-18-11-5-7-13-20(18)25-22/h2-15,25H,1H3. The van der Waals surface area contributed by atoms with E-state index in [9.17, 15) is 4.79 Å². The number of nitrogens with zero attached hydrogens (tertiary/aromatic N) is 3. The number of azo groups is 1. The maximum absolute atomic E-state index is 12.5. The number of hydrogen-bond donors (Lipinski definition) is 1. The largest absolute Gasteiger partial charge is 0.338 e. The molecule has 0 aliphatic carbocycles. The molecular formula is C24H18N4O. The molecule has 3 aromatic carbocycles. The van der Waals surface area contributed by atoms with E-state index in [2.05, 4.69) is 15.2 Å². The molecule has 0 amide bonds. The molecule has 0 saturated heterocycles. The van der Waals surface area contributed by atoms with Gasteiger partial charge in [0.1, 0.15) is 0 Å². The smallest absolute Gasteiger partial charge is 0.229 e. The minimum Gasteiger partial charge on any atom is -0.338 e. The average Bonchev–Trinajstić information content (AvgIpc) is 3.31. The number of rotatable bonds is 3. The van der Waals surface area contributed by atoms with Crippen LogP contribution in [0.4, 0.5) is 11.6 Å². The summed E-state index contributed by atoms with van der Waals surface area (Å²) in [5.41, 5.74) is 3.71. The summed E-state index contributed by atoms with van der Waals surface area (Å²) in [5, 5.41) is 11.0. The Hall–Kier alpha value is -3.99. The lowest BCUT2D eigenvalue weighted by molar-refractivity contribution is 0.0943. The Labute approximate surface area is 167 Å². The van der Waals surface area contributed by atoms with Crippen LogP contribution in [0.15, 0.2) is 95.2 Å². The van der Waals surface area contributed by atoms with Gasteiger partial charge in [0, 0.05) is 28.8 Å². The van der Waals surface area contributed by atoms with Gasteiger partial charge in [0.15, 0.2) is 11.6 Å². The summed E-state index contributed by atoms with van der Waals surface area (Å²) in [7, 11) is 0. The van der Waals surface area contributed by atoms with Crippen LogP contribution in [0, 0.1) is 0 Å². The first-order chi connectivity index (χ1) is 14.2. The van der Waals surface area contributed by atoms with Gasteiger partial charge in [-0.3, -0.25) is 9.36 Å². The van der Waals surface area contributed by atoms with E-state index in [1.54, 1.807) is 11.5 Å². The molecule has 0 aliphatic rings. The minimum absolute atomic E-state index is 0.103. The zero-order valence-electron chi connectivity index (χ0n) is 15.8. The van der Waals surface area contributed by atoms with E-state index in [1.807, 2.05) is 84.9 Å². The molecule has 29 heavy (non-hydrogen) atoms. The Kier molecular flexibility index (Phi) is 4.06. The Morgan fingerprint density at radius 1 is 0.862 bits per heavy atom. The van der Waals surface area contributed by atoms with E-state index < -0.39 is 0 Å². The van der Waals surface area contributed by atoms with Crippen LogP contribution < -0.4 is 0 Å². The lowest BCUT2D eigenvalue weighted by atomic mass is 10.0. The number of carbonyl (C=O) groups excluding carboxylic acids is 1. The highest BCUT2D eigenvalue weighted by Gasteiger charge is 2.20. The number of aromatic amines is 1. The third kappa shape index (κ3) is 2.93. The minimum atomic E-state index is -0.103. The quantitative estimate of drug-likeness (QED) is 0.342. The van der Waals surface area contributed by atoms with Gasteiger partial charge in [-0.2, -0.15) is 0 Å². The van der Waals surface area contributed by atoms with Crippen LogP contribution in [-0.2, 0) is 0 Å². The number of carbonyl (C=O) groups is 1. The van der Waals surface area contributed by atoms with Crippen LogP contribution in [0.5, 0.6) is 0 Å². The molecule has 0 unspecified atom stereocenters. The molecular weight excluding hydrogens is 360 g/mol. The van der Waals surface area contributed by atoms with Crippen molar-refractivity contribution in [2.24, 2.45) is 10.2 Å². The van der Waals surface area contributed by atoms with Crippen molar-refractivity contribution in [2.75, 3.05) is 0 Å². The number of aromatic nitrogens is 2. The second kappa shape index (κ2) is 6.87. The van der Waals surface area contributed by atoms with Gasteiger partial charge in [-0.15, -0.1) is 10.2 Å². The van der Waals surface area contributed by atoms with Gasteiger partial charge < -0.3 is 4.98 Å². The van der Waals surface area contributed by atoms with E-state index in [1.165, 1.54) is 0 Å². The first-order valence-corrected chi connectivity index (χ1v) is 9.41. The van der Waals surface area contributed by atoms with Crippen LogP contribution >= 0.6 is 0 Å². The van der Waals surface area contributed by atoms with E-state index in [0.29, 0.717) is 11.6 Å². The van der Waals surface area contributed by atoms with Gasteiger partial charge in [-0.05, 0) is 23.8 Å². The second-order valence-corrected chi connectivity index (χ2v) is 6.88. The first-order valence-electron chi connectivity index (χ1n) is 9.41. The molecule has 0 radical (unpaired) electrons. The molecule has 5 rings (SSSR count). The fourth-order valence-electron chi connectivity index (χ4n) is 3.74. The topological polar surface area (TPSA) is 62.5 Å². The molecule has 5 heteroatoms. The number of H-pyrrole nitrogens is 1. The normalized spacial score (nSPS) is 11.6. The molecule has 1 N–H and O–H groups in total. The fourth-order valence-corrected chi connectivity index (χ4v) is 3.74. The highest BCUT2D eigenvalue weighted by molar-refractivity contribution is 6.07. The summed E-state index contributed by atoms with van der Waals surface area (Å²) in [6.45, 7) is 1.54. The summed E-state index contributed by atoms with van der Waals surface area (Å²) in [5.74, 6) is 1.07. The maximum Gasteiger partial charge on any atom is 0.229 e. The fraction of sp³-hybridized carbons (Fsp3) is 0.0417. The summed E-state index contributed by atoms with van der Waals surface area (Å²) in [6.07, 6.45) is 0. The highest BCUT2D eigenvalue weighted by Crippen LogP contribution is 2.41. The van der Waals surface area contributed by atoms with Gasteiger partial charge in [0.2, 0.25) is 5.91 Å². The van der Waals surface area contributed by atoms with Crippen molar-refractivity contribution in [1.29, 1.82) is 0 Å². The van der Waals surface area contributed by atoms with E-state index >= 15 is 0 Å². The van der Waals surface area contributed by atoms with Crippen LogP contribution in [0.2, 0.25) is 0 Å². The van der Waals surface area contributed by atoms with E-state index in [4.69, 9.17) is 0 Å². The molecule has 0 spiro atoms. The third-order valence-electron chi connectivity index (χ3n) is 5.00. The van der Waals surface area contributed by atoms with Crippen LogP contribution in [-0.4, -0.2) is 15.5 Å². The van der Waals surface area contributed by atoms with Crippen LogP contribution in [0.1, 0.15) is 11.7 Å². The molecule has 0 fully saturated rings. The van der Waals surface area contributed by atoms with E-state index in [0.717, 1.165) is 32.9 Å². The number of nitrogens with one attached hydrogen (secondary N) is 1. The zero-order chi connectivity index (χ0) is 19.8. The van der Waals surface area contributed by atoms with Crippen molar-refractivity contribution in [3.63, 3.8) is 0 Å². The molecule has 0 aliphatic heterocycles. The van der Waals surface area contributed by atoms with E-state index in [-0.39, 0.29) is 5.91 Å². The summed E-state index contributed by atoms with van der Waals surface area (Å²) >= 11 is 0. The van der Waals surface area contributed by atoms with Gasteiger partial charge in [0.25, 0.3) is 0 Å². The van der Waals surface area contributed by atoms with Crippen molar-refractivity contribution in [1.82, 2.24) is 9.55 Å². The monoisotopic (exact) mass is 378 g/mol. The number of fused-ring (bicyclic) bond motifs is 2. The van der Waals surface area contributed by atoms with Crippen molar-refractivity contribution < 1.29 is 4.79 Å². The molecule has 0 bridgehead atoms. The Bertz CT molecular complexity index is 1340. The molecule has 2 aromatic heterocycles. The third-order valence-corrected chi connectivity index (χ3v) is 5.00. The summed E-state index contributed by atoms with van der Waals surface area (Å²) in [6, 6.07) is 27.7. The Morgan fingerprint density at radius 2 is 1.59 bits per heavy atom. The van der Waals surface area contributed by atoms with Crippen LogP contribution in [0.25, 0.3) is 32.9 Å². The van der Waals surface area contributed by atoms with Crippen LogP contribution in [0.3, 0.4) is 0 Å². The molecule has 5 nitrogen and oxygen atoms in total. The lowest BCUT2D eigenvalue weighted by Crippen LogP contribution is -2.04. The zero-order valence-corrected chi connectivity index (χ0v) is 15.8. The highest BCUT2D eigenvalue weighted by atomic mass is 16.1. The molecule has 5 aromatic rings. The van der Waals surface area contributed by atoms with Gasteiger partial charge in [-0.1, -0.05) is 66.7 Å². The first kappa shape index (κ1) is 17.1. The number of para-hydroxylation sites is 2. The molecule has 0 saturated carbocycles. The number of hydrogen-bond acceptors (Lipinski definition) is 3. The predicted octanol–water partition coefficient (Wildman–Crippen LogP) is 6.87. The molecule has 140 valence electrons. The van der Waals surface area contributed by atoms with Gasteiger partial charge in [-0.25, -0.2) is 0 Å². The SMILES string of the molecule is CC(=O)n1c(N=Nc2cc3ccccc3[nH]2)c(-c2ccccc2)c2ccccc21. The summed E-state index contributed by atoms with van der Waals surface area (Å²) < 4.78 is 1.63. The second-order valence-electron chi connectivity index (χ2n) is 6.88. The predicted molar refractivity (Wildman–Crippen MR) is 116 cm³/mol. The lowest BCUT2D eigenvalue weighted by Gasteiger charge is -2.03. The van der Waals surface area contributed by atoms with Gasteiger partial charge >= 0.3 is 0 Å². The Balaban J connectivity index is 1.75. The maximum atomic E-state index is 12.5. The van der Waals surface area contributed by atoms with Crippen molar-refractivity contribution in [3.05, 3.63) is 84.9 Å². The Morgan fingerprint density at radius 3 is 2.38 bits per heavy atom. The summed E-state index contributed by atoms with van der Waals surface area (Å²) in [4.78, 5) is 15.8. The van der Waals surface area contributed by atoms with Crippen molar-refractivity contribution in [2.45, 2.75) is 6.92 Å². The number of benzene rings is 3. The molecule has 2 heterocycles. The van der Waals surface area contributed by atoms with Crippen molar-refractivity contribution >= 4 is 39.3 Å². The average molecular weight is 378 g/mol. The van der Waals surface area contributed by atoms with Crippen molar-refractivity contribution in [3.8, 4) is 11.1 Å². The van der Waals surface area contributed by atoms with Gasteiger partial charge in [0.05, 0.1) is 5.52 Å². The molecule has 0 atom stereocenters.